The molecule has 2 aromatic heterocycles. The molecule has 0 saturated heterocycles. The summed E-state index contributed by atoms with van der Waals surface area (Å²) in [5.74, 6) is 0. The van der Waals surface area contributed by atoms with Gasteiger partial charge >= 0.3 is 0 Å². The van der Waals surface area contributed by atoms with E-state index in [1.807, 2.05) is 24.3 Å². The van der Waals surface area contributed by atoms with Gasteiger partial charge in [-0.3, -0.25) is 4.98 Å². The van der Waals surface area contributed by atoms with Crippen molar-refractivity contribution in [2.24, 2.45) is 0 Å². The molecule has 3 aromatic rings. The summed E-state index contributed by atoms with van der Waals surface area (Å²) in [5, 5.41) is 4.36. The van der Waals surface area contributed by atoms with Gasteiger partial charge in [0.05, 0.1) is 20.7 Å². The van der Waals surface area contributed by atoms with Crippen LogP contribution in [0.15, 0.2) is 46.4 Å². The molecule has 0 amide bonds. The number of hydrogen-bond donors (Lipinski definition) is 2. The fourth-order valence-corrected chi connectivity index (χ4v) is 3.38. The van der Waals surface area contributed by atoms with Crippen LogP contribution in [-0.4, -0.2) is 4.98 Å². The third-order valence-corrected chi connectivity index (χ3v) is 4.53. The molecule has 0 bridgehead atoms. The number of halogens is 1. The molecule has 0 spiro atoms. The zero-order valence-corrected chi connectivity index (χ0v) is 12.5. The SMILES string of the molecule is Nc1c(NCc2ccc(Br)s2)ccc2ncccc12. The second kappa shape index (κ2) is 5.19. The lowest BCUT2D eigenvalue weighted by molar-refractivity contribution is 1.20. The predicted octanol–water partition coefficient (Wildman–Crippen LogP) is 4.25. The topological polar surface area (TPSA) is 50.9 Å². The molecule has 0 unspecified atom stereocenters. The number of pyridine rings is 1. The summed E-state index contributed by atoms with van der Waals surface area (Å²) < 4.78 is 1.14. The maximum atomic E-state index is 6.18. The fraction of sp³-hybridized carbons (Fsp3) is 0.0714. The van der Waals surface area contributed by atoms with E-state index < -0.39 is 0 Å². The Bertz CT molecular complexity index is 724. The Kier molecular flexibility index (Phi) is 3.40. The molecule has 0 saturated carbocycles. The first-order valence-corrected chi connectivity index (χ1v) is 7.46. The van der Waals surface area contributed by atoms with Crippen LogP contribution in [0.4, 0.5) is 11.4 Å². The van der Waals surface area contributed by atoms with Gasteiger partial charge in [-0.05, 0) is 52.3 Å². The normalized spacial score (nSPS) is 10.8. The molecule has 0 aliphatic heterocycles. The van der Waals surface area contributed by atoms with Gasteiger partial charge in [0, 0.05) is 23.0 Å². The van der Waals surface area contributed by atoms with E-state index in [-0.39, 0.29) is 0 Å². The Balaban J connectivity index is 1.87. The highest BCUT2D eigenvalue weighted by Gasteiger charge is 2.05. The second-order valence-corrected chi connectivity index (χ2v) is 6.70. The minimum atomic E-state index is 0.751. The minimum Gasteiger partial charge on any atom is -0.397 e. The van der Waals surface area contributed by atoms with Crippen molar-refractivity contribution in [3.05, 3.63) is 51.3 Å². The van der Waals surface area contributed by atoms with E-state index in [1.54, 1.807) is 17.5 Å². The van der Waals surface area contributed by atoms with Gasteiger partial charge in [0.15, 0.2) is 0 Å². The van der Waals surface area contributed by atoms with Crippen molar-refractivity contribution < 1.29 is 0 Å². The Morgan fingerprint density at radius 2 is 2.11 bits per heavy atom. The Morgan fingerprint density at radius 1 is 1.21 bits per heavy atom. The molecule has 3 nitrogen and oxygen atoms in total. The van der Waals surface area contributed by atoms with Gasteiger partial charge in [0.25, 0.3) is 0 Å². The lowest BCUT2D eigenvalue weighted by Gasteiger charge is -2.10. The summed E-state index contributed by atoms with van der Waals surface area (Å²) in [5.41, 5.74) is 8.80. The highest BCUT2D eigenvalue weighted by atomic mass is 79.9. The Labute approximate surface area is 123 Å². The highest BCUT2D eigenvalue weighted by Crippen LogP contribution is 2.29. The van der Waals surface area contributed by atoms with Crippen LogP contribution in [0.1, 0.15) is 4.88 Å². The molecule has 3 rings (SSSR count). The molecule has 3 N–H and O–H groups in total. The predicted molar refractivity (Wildman–Crippen MR) is 85.5 cm³/mol. The molecule has 1 aromatic carbocycles. The molecular formula is C14H12BrN3S. The van der Waals surface area contributed by atoms with Crippen molar-refractivity contribution in [2.75, 3.05) is 11.1 Å². The second-order valence-electron chi connectivity index (χ2n) is 4.16. The van der Waals surface area contributed by atoms with Crippen molar-refractivity contribution in [1.82, 2.24) is 4.98 Å². The first-order valence-electron chi connectivity index (χ1n) is 5.85. The summed E-state index contributed by atoms with van der Waals surface area (Å²) in [6.07, 6.45) is 1.78. The largest absolute Gasteiger partial charge is 0.397 e. The monoisotopic (exact) mass is 333 g/mol. The van der Waals surface area contributed by atoms with Crippen molar-refractivity contribution in [3.8, 4) is 0 Å². The molecule has 0 aliphatic carbocycles. The number of nitrogens with zero attached hydrogens (tertiary/aromatic N) is 1. The quantitative estimate of drug-likeness (QED) is 0.704. The van der Waals surface area contributed by atoms with Crippen molar-refractivity contribution in [1.29, 1.82) is 0 Å². The zero-order valence-electron chi connectivity index (χ0n) is 10.1. The maximum Gasteiger partial charge on any atom is 0.0724 e. The van der Waals surface area contributed by atoms with Gasteiger partial charge in [0.1, 0.15) is 0 Å². The van der Waals surface area contributed by atoms with Crippen LogP contribution >= 0.6 is 27.3 Å². The first-order chi connectivity index (χ1) is 9.24. The standard InChI is InChI=1S/C14H12BrN3S/c15-13-6-3-9(19-13)8-18-12-5-4-11-10(14(12)16)2-1-7-17-11/h1-7,18H,8,16H2. The van der Waals surface area contributed by atoms with Gasteiger partial charge in [-0.25, -0.2) is 0 Å². The summed E-state index contributed by atoms with van der Waals surface area (Å²) in [7, 11) is 0. The number of nitrogen functional groups attached to an aromatic ring is 1. The molecule has 0 aliphatic rings. The van der Waals surface area contributed by atoms with Crippen LogP contribution < -0.4 is 11.1 Å². The number of nitrogens with one attached hydrogen (secondary N) is 1. The fourth-order valence-electron chi connectivity index (χ4n) is 1.96. The van der Waals surface area contributed by atoms with Crippen LogP contribution in [0, 0.1) is 0 Å². The first kappa shape index (κ1) is 12.4. The van der Waals surface area contributed by atoms with Gasteiger partial charge < -0.3 is 11.1 Å². The van der Waals surface area contributed by atoms with Gasteiger partial charge in [0.2, 0.25) is 0 Å². The van der Waals surface area contributed by atoms with E-state index in [1.165, 1.54) is 4.88 Å². The van der Waals surface area contributed by atoms with Crippen LogP contribution in [-0.2, 0) is 6.54 Å². The van der Waals surface area contributed by atoms with E-state index in [0.717, 1.165) is 32.6 Å². The Morgan fingerprint density at radius 3 is 2.89 bits per heavy atom. The summed E-state index contributed by atoms with van der Waals surface area (Å²) >= 11 is 5.18. The van der Waals surface area contributed by atoms with E-state index in [9.17, 15) is 0 Å². The molecule has 19 heavy (non-hydrogen) atoms. The number of rotatable bonds is 3. The van der Waals surface area contributed by atoms with Gasteiger partial charge in [-0.15, -0.1) is 11.3 Å². The molecule has 0 radical (unpaired) electrons. The van der Waals surface area contributed by atoms with E-state index >= 15 is 0 Å². The number of aromatic nitrogens is 1. The average Bonchev–Trinajstić information content (AvgIpc) is 2.84. The van der Waals surface area contributed by atoms with Gasteiger partial charge in [-0.1, -0.05) is 0 Å². The van der Waals surface area contributed by atoms with Gasteiger partial charge in [-0.2, -0.15) is 0 Å². The van der Waals surface area contributed by atoms with Crippen LogP contribution in [0.2, 0.25) is 0 Å². The van der Waals surface area contributed by atoms with E-state index in [0.29, 0.717) is 0 Å². The molecule has 0 atom stereocenters. The number of nitrogens with two attached hydrogens (primary N) is 1. The summed E-state index contributed by atoms with van der Waals surface area (Å²) in [4.78, 5) is 5.55. The summed E-state index contributed by atoms with van der Waals surface area (Å²) in [6, 6.07) is 12.0. The van der Waals surface area contributed by atoms with Crippen molar-refractivity contribution >= 4 is 49.5 Å². The number of thiophene rings is 1. The Hall–Kier alpha value is -1.59. The molecule has 96 valence electrons. The number of hydrogen-bond acceptors (Lipinski definition) is 4. The van der Waals surface area contributed by atoms with Crippen LogP contribution in [0.5, 0.6) is 0 Å². The molecule has 0 fully saturated rings. The average molecular weight is 334 g/mol. The van der Waals surface area contributed by atoms with Crippen LogP contribution in [0.25, 0.3) is 10.9 Å². The lowest BCUT2D eigenvalue weighted by Crippen LogP contribution is -2.01. The third kappa shape index (κ3) is 2.57. The molecule has 2 heterocycles. The molecule has 5 heteroatoms. The maximum absolute atomic E-state index is 6.18. The minimum absolute atomic E-state index is 0.751. The lowest BCUT2D eigenvalue weighted by atomic mass is 10.1. The smallest absolute Gasteiger partial charge is 0.0724 e. The highest BCUT2D eigenvalue weighted by molar-refractivity contribution is 9.11. The van der Waals surface area contributed by atoms with Crippen molar-refractivity contribution in [2.45, 2.75) is 6.54 Å². The number of fused-ring (bicyclic) bond motifs is 1. The number of anilines is 2. The van der Waals surface area contributed by atoms with Crippen LogP contribution in [0.3, 0.4) is 0 Å². The van der Waals surface area contributed by atoms with E-state index in [2.05, 4.69) is 38.4 Å². The number of benzene rings is 1. The zero-order chi connectivity index (χ0) is 13.2. The van der Waals surface area contributed by atoms with Crippen molar-refractivity contribution in [3.63, 3.8) is 0 Å². The molecular weight excluding hydrogens is 322 g/mol. The van der Waals surface area contributed by atoms with E-state index in [4.69, 9.17) is 5.73 Å². The third-order valence-electron chi connectivity index (χ3n) is 2.91. The summed E-state index contributed by atoms with van der Waals surface area (Å²) in [6.45, 7) is 0.770.